The van der Waals surface area contributed by atoms with Gasteiger partial charge in [0.1, 0.15) is 5.56 Å². The number of carbonyl (C=O) groups is 2. The number of halogens is 1. The number of carboxylic acids is 1. The number of nitrogens with zero attached hydrogens (tertiary/aromatic N) is 2. The SMILES string of the molecule is O=C(O)C1CN(C(=O)c2ccc(Br)cc2[N+](=O)[O-])CCO1. The Morgan fingerprint density at radius 1 is 1.48 bits per heavy atom. The van der Waals surface area contributed by atoms with Crippen molar-refractivity contribution in [2.75, 3.05) is 19.7 Å². The molecule has 1 aliphatic heterocycles. The highest BCUT2D eigenvalue weighted by molar-refractivity contribution is 9.10. The van der Waals surface area contributed by atoms with E-state index in [1.807, 2.05) is 0 Å². The van der Waals surface area contributed by atoms with Crippen molar-refractivity contribution in [1.82, 2.24) is 4.90 Å². The molecule has 1 N–H and O–H groups in total. The third kappa shape index (κ3) is 3.37. The Morgan fingerprint density at radius 3 is 2.81 bits per heavy atom. The Labute approximate surface area is 127 Å². The zero-order chi connectivity index (χ0) is 15.6. The molecule has 1 saturated heterocycles. The number of morpholine rings is 1. The molecule has 1 unspecified atom stereocenters. The number of carbonyl (C=O) groups excluding carboxylic acids is 1. The van der Waals surface area contributed by atoms with Crippen LogP contribution in [0.2, 0.25) is 0 Å². The molecule has 21 heavy (non-hydrogen) atoms. The van der Waals surface area contributed by atoms with E-state index in [0.29, 0.717) is 4.47 Å². The van der Waals surface area contributed by atoms with Crippen LogP contribution in [-0.2, 0) is 9.53 Å². The number of amides is 1. The summed E-state index contributed by atoms with van der Waals surface area (Å²) in [6.07, 6.45) is -1.11. The van der Waals surface area contributed by atoms with Crippen molar-refractivity contribution in [3.05, 3.63) is 38.3 Å². The maximum atomic E-state index is 12.4. The minimum absolute atomic E-state index is 0.0748. The first-order chi connectivity index (χ1) is 9.90. The number of benzene rings is 1. The summed E-state index contributed by atoms with van der Waals surface area (Å²) >= 11 is 3.11. The van der Waals surface area contributed by atoms with Gasteiger partial charge in [-0.05, 0) is 12.1 Å². The van der Waals surface area contributed by atoms with Crippen molar-refractivity contribution in [2.45, 2.75) is 6.10 Å². The molecule has 0 aliphatic carbocycles. The first-order valence-electron chi connectivity index (χ1n) is 5.97. The summed E-state index contributed by atoms with van der Waals surface area (Å²) in [7, 11) is 0. The smallest absolute Gasteiger partial charge is 0.334 e. The Balaban J connectivity index is 2.28. The van der Waals surface area contributed by atoms with Crippen LogP contribution in [0.1, 0.15) is 10.4 Å². The summed E-state index contributed by atoms with van der Waals surface area (Å²) in [4.78, 5) is 34.9. The van der Waals surface area contributed by atoms with Crippen LogP contribution in [0.5, 0.6) is 0 Å². The van der Waals surface area contributed by atoms with Crippen LogP contribution in [0.25, 0.3) is 0 Å². The van der Waals surface area contributed by atoms with Crippen LogP contribution >= 0.6 is 15.9 Å². The zero-order valence-electron chi connectivity index (χ0n) is 10.7. The van der Waals surface area contributed by atoms with Crippen molar-refractivity contribution in [1.29, 1.82) is 0 Å². The fourth-order valence-electron chi connectivity index (χ4n) is 1.99. The monoisotopic (exact) mass is 358 g/mol. The van der Waals surface area contributed by atoms with E-state index in [1.54, 1.807) is 0 Å². The molecule has 9 heteroatoms. The van der Waals surface area contributed by atoms with Gasteiger partial charge in [-0.3, -0.25) is 14.9 Å². The molecule has 1 fully saturated rings. The summed E-state index contributed by atoms with van der Waals surface area (Å²) in [5.74, 6) is -1.75. The lowest BCUT2D eigenvalue weighted by molar-refractivity contribution is -0.385. The van der Waals surface area contributed by atoms with Crippen molar-refractivity contribution >= 4 is 33.5 Å². The number of ether oxygens (including phenoxy) is 1. The minimum atomic E-state index is -1.17. The van der Waals surface area contributed by atoms with E-state index in [9.17, 15) is 19.7 Å². The second-order valence-electron chi connectivity index (χ2n) is 4.37. The molecule has 1 aromatic rings. The molecular formula is C12H11BrN2O6. The van der Waals surface area contributed by atoms with Crippen molar-refractivity contribution in [2.24, 2.45) is 0 Å². The van der Waals surface area contributed by atoms with Crippen LogP contribution in [-0.4, -0.2) is 52.6 Å². The Bertz CT molecular complexity index is 605. The maximum Gasteiger partial charge on any atom is 0.334 e. The van der Waals surface area contributed by atoms with Gasteiger partial charge in [0, 0.05) is 17.1 Å². The molecule has 1 aliphatic rings. The first kappa shape index (κ1) is 15.4. The number of nitro groups is 1. The predicted octanol–water partition coefficient (Wildman–Crippen LogP) is 1.28. The van der Waals surface area contributed by atoms with Gasteiger partial charge in [0.2, 0.25) is 0 Å². The van der Waals surface area contributed by atoms with E-state index < -0.39 is 22.9 Å². The third-order valence-corrected chi connectivity index (χ3v) is 3.51. The molecule has 0 radical (unpaired) electrons. The van der Waals surface area contributed by atoms with Crippen molar-refractivity contribution in [3.8, 4) is 0 Å². The molecule has 0 saturated carbocycles. The molecule has 8 nitrogen and oxygen atoms in total. The van der Waals surface area contributed by atoms with Gasteiger partial charge in [0.25, 0.3) is 11.6 Å². The molecule has 0 bridgehead atoms. The van der Waals surface area contributed by atoms with E-state index in [-0.39, 0.29) is 30.9 Å². The van der Waals surface area contributed by atoms with E-state index in [0.717, 1.165) is 0 Å². The third-order valence-electron chi connectivity index (χ3n) is 3.02. The van der Waals surface area contributed by atoms with Gasteiger partial charge >= 0.3 is 5.97 Å². The fraction of sp³-hybridized carbons (Fsp3) is 0.333. The van der Waals surface area contributed by atoms with E-state index >= 15 is 0 Å². The lowest BCUT2D eigenvalue weighted by atomic mass is 10.1. The van der Waals surface area contributed by atoms with Crippen molar-refractivity contribution in [3.63, 3.8) is 0 Å². The number of aliphatic carboxylic acids is 1. The number of hydrogen-bond acceptors (Lipinski definition) is 5. The minimum Gasteiger partial charge on any atom is -0.479 e. The number of carboxylic acid groups (broad SMARTS) is 1. The summed E-state index contributed by atoms with van der Waals surface area (Å²) in [6, 6.07) is 4.10. The highest BCUT2D eigenvalue weighted by atomic mass is 79.9. The molecule has 0 spiro atoms. The first-order valence-corrected chi connectivity index (χ1v) is 6.77. The molecular weight excluding hydrogens is 348 g/mol. The molecule has 0 aromatic heterocycles. The number of rotatable bonds is 3. The van der Waals surface area contributed by atoms with Gasteiger partial charge in [0.15, 0.2) is 6.10 Å². The van der Waals surface area contributed by atoms with Gasteiger partial charge in [0.05, 0.1) is 18.1 Å². The topological polar surface area (TPSA) is 110 Å². The van der Waals surface area contributed by atoms with E-state index in [4.69, 9.17) is 9.84 Å². The zero-order valence-corrected chi connectivity index (χ0v) is 12.3. The number of hydrogen-bond donors (Lipinski definition) is 1. The Morgan fingerprint density at radius 2 is 2.19 bits per heavy atom. The summed E-state index contributed by atoms with van der Waals surface area (Å²) < 4.78 is 5.50. The van der Waals surface area contributed by atoms with Gasteiger partial charge in [-0.2, -0.15) is 0 Å². The maximum absolute atomic E-state index is 12.4. The lowest BCUT2D eigenvalue weighted by Crippen LogP contribution is -2.48. The molecule has 1 heterocycles. The van der Waals surface area contributed by atoms with Gasteiger partial charge in [-0.1, -0.05) is 15.9 Å². The van der Waals surface area contributed by atoms with Crippen LogP contribution in [0.15, 0.2) is 22.7 Å². The van der Waals surface area contributed by atoms with Gasteiger partial charge in [-0.15, -0.1) is 0 Å². The van der Waals surface area contributed by atoms with Gasteiger partial charge < -0.3 is 14.7 Å². The molecule has 1 aromatic carbocycles. The summed E-state index contributed by atoms with van der Waals surface area (Å²) in [5.41, 5.74) is -0.401. The predicted molar refractivity (Wildman–Crippen MR) is 74.1 cm³/mol. The second kappa shape index (κ2) is 6.19. The Kier molecular flexibility index (Phi) is 4.53. The Hall–Kier alpha value is -2.00. The summed E-state index contributed by atoms with van der Waals surface area (Å²) in [6.45, 7) is 0.129. The second-order valence-corrected chi connectivity index (χ2v) is 5.28. The van der Waals surface area contributed by atoms with E-state index in [1.165, 1.54) is 23.1 Å². The normalized spacial score (nSPS) is 18.3. The van der Waals surface area contributed by atoms with Crippen LogP contribution in [0.3, 0.4) is 0 Å². The average Bonchev–Trinajstić information content (AvgIpc) is 2.46. The lowest BCUT2D eigenvalue weighted by Gasteiger charge is -2.30. The average molecular weight is 359 g/mol. The van der Waals surface area contributed by atoms with Gasteiger partial charge in [-0.25, -0.2) is 4.79 Å². The van der Waals surface area contributed by atoms with Crippen LogP contribution in [0, 0.1) is 10.1 Å². The van der Waals surface area contributed by atoms with Crippen molar-refractivity contribution < 1.29 is 24.4 Å². The largest absolute Gasteiger partial charge is 0.479 e. The molecule has 2 rings (SSSR count). The quantitative estimate of drug-likeness (QED) is 0.643. The van der Waals surface area contributed by atoms with E-state index in [2.05, 4.69) is 15.9 Å². The highest BCUT2D eigenvalue weighted by Crippen LogP contribution is 2.25. The summed E-state index contributed by atoms with van der Waals surface area (Å²) in [5, 5.41) is 19.9. The fourth-order valence-corrected chi connectivity index (χ4v) is 2.34. The van der Waals surface area contributed by atoms with Crippen LogP contribution in [0.4, 0.5) is 5.69 Å². The molecule has 1 atom stereocenters. The molecule has 112 valence electrons. The standard InChI is InChI=1S/C12H11BrN2O6/c13-7-1-2-8(9(5-7)15(19)20)11(16)14-3-4-21-10(6-14)12(17)18/h1-2,5,10H,3-4,6H2,(H,17,18). The highest BCUT2D eigenvalue weighted by Gasteiger charge is 2.32. The molecule has 1 amide bonds. The van der Waals surface area contributed by atoms with Crippen LogP contribution < -0.4 is 0 Å². The number of nitro benzene ring substituents is 1.